The van der Waals surface area contributed by atoms with E-state index in [9.17, 15) is 19.2 Å². The summed E-state index contributed by atoms with van der Waals surface area (Å²) in [5.74, 6) is -1.58. The maximum absolute atomic E-state index is 11.0. The Bertz CT molecular complexity index is 568. The topological polar surface area (TPSA) is 144 Å². The molecule has 0 heterocycles. The number of carbonyl (C=O) groups excluding carboxylic acids is 2. The van der Waals surface area contributed by atoms with Gasteiger partial charge in [0.05, 0.1) is 6.61 Å². The number of rotatable bonds is 3. The predicted octanol–water partition coefficient (Wildman–Crippen LogP) is 3.72. The number of ether oxygens (including phenoxy) is 1. The number of nitrogens with two attached hydrogens (primary N) is 1. The SMILES string of the molecule is C=C(C)C(=O)O.C=C(C)C(=O)O.CC1=CC(=O)CC(C)(C)C1.CCOC(N)=O. The zero-order valence-electron chi connectivity index (χ0n) is 17.6. The maximum Gasteiger partial charge on any atom is 0.404 e. The third kappa shape index (κ3) is 23.1. The molecule has 0 aromatic rings. The fourth-order valence-electron chi connectivity index (χ4n) is 1.81. The highest BCUT2D eigenvalue weighted by Crippen LogP contribution is 2.32. The van der Waals surface area contributed by atoms with Crippen molar-refractivity contribution in [2.75, 3.05) is 6.61 Å². The number of amides is 1. The van der Waals surface area contributed by atoms with Crippen molar-refractivity contribution in [3.63, 3.8) is 0 Å². The molecule has 4 N–H and O–H groups in total. The van der Waals surface area contributed by atoms with E-state index in [0.717, 1.165) is 6.42 Å². The zero-order chi connectivity index (χ0) is 23.1. The first-order valence-corrected chi connectivity index (χ1v) is 8.45. The van der Waals surface area contributed by atoms with E-state index in [2.05, 4.69) is 37.5 Å². The van der Waals surface area contributed by atoms with Crippen LogP contribution in [-0.2, 0) is 19.1 Å². The molecule has 0 aliphatic heterocycles. The van der Waals surface area contributed by atoms with Crippen molar-refractivity contribution in [2.45, 2.75) is 54.4 Å². The number of carbonyl (C=O) groups is 4. The standard InChI is InChI=1S/C9H14O.2C4H6O2.C3H7NO2/c1-7-4-8(10)6-9(2,3)5-7;2*1-3(2)4(5)6;1-2-6-3(4)5/h4H,5-6H2,1-3H3;2*1H2,2H3,(H,5,6);2H2,1H3,(H2,4,5). The van der Waals surface area contributed by atoms with Crippen LogP contribution in [0.25, 0.3) is 0 Å². The Balaban J connectivity index is -0.000000309. The average Bonchev–Trinajstić information content (AvgIpc) is 2.45. The van der Waals surface area contributed by atoms with Gasteiger partial charge in [0.15, 0.2) is 5.78 Å². The summed E-state index contributed by atoms with van der Waals surface area (Å²) in [5.41, 5.74) is 6.32. The normalized spacial score (nSPS) is 13.5. The van der Waals surface area contributed by atoms with Crippen LogP contribution in [0.15, 0.2) is 36.0 Å². The van der Waals surface area contributed by atoms with E-state index in [1.165, 1.54) is 19.4 Å². The molecule has 8 nitrogen and oxygen atoms in total. The molecule has 0 fully saturated rings. The second kappa shape index (κ2) is 15.2. The Labute approximate surface area is 166 Å². The molecule has 0 bridgehead atoms. The third-order valence-electron chi connectivity index (χ3n) is 2.83. The summed E-state index contributed by atoms with van der Waals surface area (Å²) < 4.78 is 4.18. The lowest BCUT2D eigenvalue weighted by atomic mass is 9.77. The van der Waals surface area contributed by atoms with E-state index in [1.807, 2.05) is 6.92 Å². The molecule has 1 amide bonds. The molecule has 1 aliphatic rings. The quantitative estimate of drug-likeness (QED) is 0.613. The molecule has 160 valence electrons. The van der Waals surface area contributed by atoms with Gasteiger partial charge in [-0.3, -0.25) is 4.79 Å². The van der Waals surface area contributed by atoms with Gasteiger partial charge in [-0.15, -0.1) is 0 Å². The molecule has 0 spiro atoms. The van der Waals surface area contributed by atoms with E-state index >= 15 is 0 Å². The van der Waals surface area contributed by atoms with Crippen molar-refractivity contribution in [2.24, 2.45) is 11.1 Å². The summed E-state index contributed by atoms with van der Waals surface area (Å²) in [4.78, 5) is 39.8. The minimum Gasteiger partial charge on any atom is -0.478 e. The third-order valence-corrected chi connectivity index (χ3v) is 2.83. The summed E-state index contributed by atoms with van der Waals surface area (Å²) in [6.07, 6.45) is 2.84. The van der Waals surface area contributed by atoms with Crippen LogP contribution in [0.1, 0.15) is 54.4 Å². The van der Waals surface area contributed by atoms with Crippen molar-refractivity contribution in [3.8, 4) is 0 Å². The Kier molecular flexibility index (Phi) is 16.2. The number of hydrogen-bond acceptors (Lipinski definition) is 5. The van der Waals surface area contributed by atoms with Crippen LogP contribution in [0, 0.1) is 5.41 Å². The summed E-state index contributed by atoms with van der Waals surface area (Å²) in [6, 6.07) is 0. The summed E-state index contributed by atoms with van der Waals surface area (Å²) in [5, 5.41) is 15.8. The molecule has 8 heteroatoms. The molecule has 1 aliphatic carbocycles. The van der Waals surface area contributed by atoms with Crippen molar-refractivity contribution >= 4 is 23.8 Å². The van der Waals surface area contributed by atoms with Gasteiger partial charge in [0.2, 0.25) is 0 Å². The van der Waals surface area contributed by atoms with Crippen LogP contribution in [-0.4, -0.2) is 40.6 Å². The first-order chi connectivity index (χ1) is 12.6. The minimum atomic E-state index is -0.935. The molecule has 0 aromatic heterocycles. The lowest BCUT2D eigenvalue weighted by Crippen LogP contribution is -2.20. The summed E-state index contributed by atoms with van der Waals surface area (Å²) in [7, 11) is 0. The lowest BCUT2D eigenvalue weighted by molar-refractivity contribution is -0.133. The smallest absolute Gasteiger partial charge is 0.404 e. The van der Waals surface area contributed by atoms with Crippen molar-refractivity contribution in [1.82, 2.24) is 0 Å². The maximum atomic E-state index is 11.0. The fraction of sp³-hybridized carbons (Fsp3) is 0.500. The molecular formula is C20H33NO7. The highest BCUT2D eigenvalue weighted by Gasteiger charge is 2.25. The van der Waals surface area contributed by atoms with Crippen LogP contribution in [0.3, 0.4) is 0 Å². The van der Waals surface area contributed by atoms with E-state index in [-0.39, 0.29) is 22.3 Å². The van der Waals surface area contributed by atoms with Gasteiger partial charge in [0.25, 0.3) is 0 Å². The number of carboxylic acids is 2. The Hall–Kier alpha value is -2.90. The van der Waals surface area contributed by atoms with Gasteiger partial charge in [-0.1, -0.05) is 32.6 Å². The second-order valence-electron chi connectivity index (χ2n) is 6.90. The molecule has 0 aromatic carbocycles. The van der Waals surface area contributed by atoms with Gasteiger partial charge in [0, 0.05) is 17.6 Å². The van der Waals surface area contributed by atoms with Crippen molar-refractivity contribution in [3.05, 3.63) is 36.0 Å². The molecular weight excluding hydrogens is 366 g/mol. The number of aliphatic carboxylic acids is 2. The van der Waals surface area contributed by atoms with E-state index in [1.54, 1.807) is 13.0 Å². The number of hydrogen-bond donors (Lipinski definition) is 3. The summed E-state index contributed by atoms with van der Waals surface area (Å²) in [6.45, 7) is 17.6. The van der Waals surface area contributed by atoms with Gasteiger partial charge in [-0.2, -0.15) is 0 Å². The second-order valence-corrected chi connectivity index (χ2v) is 6.90. The molecule has 28 heavy (non-hydrogen) atoms. The highest BCUT2D eigenvalue weighted by atomic mass is 16.5. The Morgan fingerprint density at radius 1 is 1.11 bits per heavy atom. The monoisotopic (exact) mass is 399 g/mol. The van der Waals surface area contributed by atoms with E-state index in [4.69, 9.17) is 10.2 Å². The summed E-state index contributed by atoms with van der Waals surface area (Å²) >= 11 is 0. The number of carboxylic acid groups (broad SMARTS) is 2. The molecule has 0 unspecified atom stereocenters. The lowest BCUT2D eigenvalue weighted by Gasteiger charge is -2.27. The Morgan fingerprint density at radius 2 is 1.46 bits per heavy atom. The molecule has 0 atom stereocenters. The number of allylic oxidation sites excluding steroid dienone is 2. The first kappa shape index (κ1) is 29.8. The van der Waals surface area contributed by atoms with Crippen molar-refractivity contribution < 1.29 is 34.1 Å². The minimum absolute atomic E-state index is 0.176. The van der Waals surface area contributed by atoms with E-state index in [0.29, 0.717) is 13.0 Å². The van der Waals surface area contributed by atoms with Crippen LogP contribution < -0.4 is 5.73 Å². The molecule has 0 radical (unpaired) electrons. The van der Waals surface area contributed by atoms with Crippen LogP contribution in [0.2, 0.25) is 0 Å². The highest BCUT2D eigenvalue weighted by molar-refractivity contribution is 5.91. The van der Waals surface area contributed by atoms with Gasteiger partial charge in [-0.05, 0) is 45.6 Å². The fourth-order valence-corrected chi connectivity index (χ4v) is 1.81. The van der Waals surface area contributed by atoms with Gasteiger partial charge < -0.3 is 20.7 Å². The predicted molar refractivity (Wildman–Crippen MR) is 108 cm³/mol. The molecule has 1 rings (SSSR count). The van der Waals surface area contributed by atoms with Crippen LogP contribution in [0.4, 0.5) is 4.79 Å². The van der Waals surface area contributed by atoms with Crippen LogP contribution in [0.5, 0.6) is 0 Å². The zero-order valence-corrected chi connectivity index (χ0v) is 17.6. The molecule has 0 saturated heterocycles. The first-order valence-electron chi connectivity index (χ1n) is 8.45. The largest absolute Gasteiger partial charge is 0.478 e. The van der Waals surface area contributed by atoms with Gasteiger partial charge in [-0.25, -0.2) is 14.4 Å². The average molecular weight is 399 g/mol. The van der Waals surface area contributed by atoms with Crippen LogP contribution >= 0.6 is 0 Å². The molecule has 0 saturated carbocycles. The number of ketones is 1. The van der Waals surface area contributed by atoms with Crippen molar-refractivity contribution in [1.29, 1.82) is 0 Å². The number of primary amides is 1. The van der Waals surface area contributed by atoms with Gasteiger partial charge in [0.1, 0.15) is 0 Å². The Morgan fingerprint density at radius 3 is 1.61 bits per heavy atom. The van der Waals surface area contributed by atoms with E-state index < -0.39 is 18.0 Å². The van der Waals surface area contributed by atoms with Gasteiger partial charge >= 0.3 is 18.0 Å².